The van der Waals surface area contributed by atoms with E-state index in [2.05, 4.69) is 10.3 Å². The van der Waals surface area contributed by atoms with Gasteiger partial charge in [0.25, 0.3) is 0 Å². The summed E-state index contributed by atoms with van der Waals surface area (Å²) in [6.07, 6.45) is 5.54. The molecule has 0 radical (unpaired) electrons. The van der Waals surface area contributed by atoms with E-state index in [9.17, 15) is 9.59 Å². The normalized spacial score (nSPS) is 14.7. The van der Waals surface area contributed by atoms with Crippen LogP contribution in [0.4, 0.5) is 11.4 Å². The zero-order chi connectivity index (χ0) is 18.5. The van der Waals surface area contributed by atoms with Crippen LogP contribution >= 0.6 is 11.3 Å². The molecule has 2 amide bonds. The number of nitrogens with zero attached hydrogens (tertiary/aromatic N) is 2. The van der Waals surface area contributed by atoms with Gasteiger partial charge in [-0.05, 0) is 44.0 Å². The van der Waals surface area contributed by atoms with E-state index in [1.165, 1.54) is 17.4 Å². The Morgan fingerprint density at radius 3 is 2.92 bits per heavy atom. The van der Waals surface area contributed by atoms with Gasteiger partial charge in [0.1, 0.15) is 5.75 Å². The van der Waals surface area contributed by atoms with Crippen LogP contribution in [0.1, 0.15) is 30.0 Å². The molecule has 2 aromatic rings. The Kier molecular flexibility index (Phi) is 5.68. The summed E-state index contributed by atoms with van der Waals surface area (Å²) >= 11 is 1.54. The number of hydrogen-bond acceptors (Lipinski definition) is 5. The third-order valence-corrected chi connectivity index (χ3v) is 4.89. The van der Waals surface area contributed by atoms with Crippen LogP contribution < -0.4 is 15.0 Å². The number of hydrogen-bond donors (Lipinski definition) is 1. The zero-order valence-electron chi connectivity index (χ0n) is 14.8. The van der Waals surface area contributed by atoms with Crippen molar-refractivity contribution in [3.8, 4) is 5.75 Å². The third kappa shape index (κ3) is 4.29. The van der Waals surface area contributed by atoms with Gasteiger partial charge in [-0.15, -0.1) is 11.3 Å². The van der Waals surface area contributed by atoms with E-state index in [1.807, 2.05) is 12.3 Å². The number of piperidine rings is 1. The van der Waals surface area contributed by atoms with E-state index in [0.717, 1.165) is 23.5 Å². The van der Waals surface area contributed by atoms with Gasteiger partial charge < -0.3 is 15.0 Å². The number of rotatable bonds is 5. The molecule has 1 N–H and O–H groups in total. The molecule has 0 unspecified atom stereocenters. The first-order valence-corrected chi connectivity index (χ1v) is 9.34. The molecule has 1 fully saturated rings. The van der Waals surface area contributed by atoms with Gasteiger partial charge in [-0.2, -0.15) is 0 Å². The van der Waals surface area contributed by atoms with Gasteiger partial charge in [0.15, 0.2) is 0 Å². The van der Waals surface area contributed by atoms with Crippen molar-refractivity contribution >= 4 is 40.6 Å². The predicted molar refractivity (Wildman–Crippen MR) is 104 cm³/mol. The average molecular weight is 371 g/mol. The molecular formula is C19H21N3O3S. The first-order valence-electron chi connectivity index (χ1n) is 8.46. The van der Waals surface area contributed by atoms with Crippen LogP contribution in [0.5, 0.6) is 5.75 Å². The lowest BCUT2D eigenvalue weighted by Crippen LogP contribution is -2.35. The number of thiazole rings is 1. The van der Waals surface area contributed by atoms with Crippen molar-refractivity contribution in [3.05, 3.63) is 40.4 Å². The zero-order valence-corrected chi connectivity index (χ0v) is 15.6. The van der Waals surface area contributed by atoms with E-state index >= 15 is 0 Å². The second kappa shape index (κ2) is 8.14. The number of carbonyl (C=O) groups is 2. The largest absolute Gasteiger partial charge is 0.495 e. The standard InChI is InChI=1S/C19H21N3O3S/c1-13-20-15(12-26-13)7-9-18(23)21-14-6-8-17(25-2)16(11-14)22-10-4-3-5-19(22)24/h6-9,11-12H,3-5,10H2,1-2H3,(H,21,23). The fourth-order valence-corrected chi connectivity index (χ4v) is 3.42. The summed E-state index contributed by atoms with van der Waals surface area (Å²) in [5, 5.41) is 5.67. The number of nitrogens with one attached hydrogen (secondary N) is 1. The van der Waals surface area contributed by atoms with Gasteiger partial charge in [-0.25, -0.2) is 4.98 Å². The van der Waals surface area contributed by atoms with Crippen LogP contribution in [0.2, 0.25) is 0 Å². The summed E-state index contributed by atoms with van der Waals surface area (Å²) in [4.78, 5) is 30.4. The molecule has 0 aliphatic carbocycles. The SMILES string of the molecule is COc1ccc(NC(=O)C=Cc2csc(C)n2)cc1N1CCCCC1=O. The van der Waals surface area contributed by atoms with E-state index in [4.69, 9.17) is 4.74 Å². The molecule has 1 aromatic carbocycles. The van der Waals surface area contributed by atoms with Crippen LogP contribution in [-0.4, -0.2) is 30.5 Å². The molecule has 1 aliphatic rings. The third-order valence-electron chi connectivity index (χ3n) is 4.10. The number of anilines is 2. The summed E-state index contributed by atoms with van der Waals surface area (Å²) in [5.74, 6) is 0.445. The molecule has 2 heterocycles. The van der Waals surface area contributed by atoms with Gasteiger partial charge in [0, 0.05) is 30.1 Å². The molecule has 0 spiro atoms. The van der Waals surface area contributed by atoms with Crippen LogP contribution in [0, 0.1) is 6.92 Å². The van der Waals surface area contributed by atoms with Gasteiger partial charge in [-0.3, -0.25) is 9.59 Å². The first-order chi connectivity index (χ1) is 12.6. The Balaban J connectivity index is 1.75. The predicted octanol–water partition coefficient (Wildman–Crippen LogP) is 3.63. The van der Waals surface area contributed by atoms with Crippen molar-refractivity contribution in [1.82, 2.24) is 4.98 Å². The second-order valence-corrected chi connectivity index (χ2v) is 7.07. The van der Waals surface area contributed by atoms with E-state index < -0.39 is 0 Å². The summed E-state index contributed by atoms with van der Waals surface area (Å²) < 4.78 is 5.39. The number of benzene rings is 1. The molecule has 1 saturated heterocycles. The Morgan fingerprint density at radius 1 is 1.38 bits per heavy atom. The summed E-state index contributed by atoms with van der Waals surface area (Å²) in [5.41, 5.74) is 2.06. The Morgan fingerprint density at radius 2 is 2.23 bits per heavy atom. The number of methoxy groups -OCH3 is 1. The molecule has 0 bridgehead atoms. The lowest BCUT2D eigenvalue weighted by atomic mass is 10.1. The molecule has 0 atom stereocenters. The highest BCUT2D eigenvalue weighted by atomic mass is 32.1. The first kappa shape index (κ1) is 18.1. The lowest BCUT2D eigenvalue weighted by molar-refractivity contribution is -0.119. The summed E-state index contributed by atoms with van der Waals surface area (Å²) in [7, 11) is 1.57. The summed E-state index contributed by atoms with van der Waals surface area (Å²) in [6.45, 7) is 2.58. The molecule has 26 heavy (non-hydrogen) atoms. The van der Waals surface area contributed by atoms with E-state index in [0.29, 0.717) is 30.1 Å². The quantitative estimate of drug-likeness (QED) is 0.815. The number of aryl methyl sites for hydroxylation is 1. The minimum absolute atomic E-state index is 0.0804. The monoisotopic (exact) mass is 371 g/mol. The maximum Gasteiger partial charge on any atom is 0.248 e. The highest BCUT2D eigenvalue weighted by molar-refractivity contribution is 7.09. The Bertz CT molecular complexity index is 844. The fraction of sp³-hybridized carbons (Fsp3) is 0.316. The van der Waals surface area contributed by atoms with E-state index in [1.54, 1.807) is 36.3 Å². The number of carbonyl (C=O) groups excluding carboxylic acids is 2. The highest BCUT2D eigenvalue weighted by Crippen LogP contribution is 2.33. The molecule has 136 valence electrons. The van der Waals surface area contributed by atoms with Crippen LogP contribution in [-0.2, 0) is 9.59 Å². The molecule has 7 heteroatoms. The maximum absolute atomic E-state index is 12.2. The Hall–Kier alpha value is -2.67. The van der Waals surface area contributed by atoms with Gasteiger partial charge in [-0.1, -0.05) is 0 Å². The molecule has 3 rings (SSSR count). The average Bonchev–Trinajstić information content (AvgIpc) is 3.06. The van der Waals surface area contributed by atoms with E-state index in [-0.39, 0.29) is 11.8 Å². The smallest absolute Gasteiger partial charge is 0.248 e. The van der Waals surface area contributed by atoms with Gasteiger partial charge >= 0.3 is 0 Å². The number of amides is 2. The van der Waals surface area contributed by atoms with Gasteiger partial charge in [0.2, 0.25) is 11.8 Å². The number of ether oxygens (including phenoxy) is 1. The van der Waals surface area contributed by atoms with Crippen molar-refractivity contribution < 1.29 is 14.3 Å². The molecule has 1 aromatic heterocycles. The lowest BCUT2D eigenvalue weighted by Gasteiger charge is -2.28. The second-order valence-electron chi connectivity index (χ2n) is 6.00. The molecule has 1 aliphatic heterocycles. The van der Waals surface area contributed by atoms with Crippen LogP contribution in [0.3, 0.4) is 0 Å². The minimum Gasteiger partial charge on any atom is -0.495 e. The summed E-state index contributed by atoms with van der Waals surface area (Å²) in [6, 6.07) is 5.30. The fourth-order valence-electron chi connectivity index (χ4n) is 2.84. The minimum atomic E-state index is -0.253. The van der Waals surface area contributed by atoms with Gasteiger partial charge in [0.05, 0.1) is 23.5 Å². The topological polar surface area (TPSA) is 71.5 Å². The van der Waals surface area contributed by atoms with Crippen LogP contribution in [0.15, 0.2) is 29.7 Å². The molecular weight excluding hydrogens is 350 g/mol. The Labute approximate surface area is 156 Å². The van der Waals surface area contributed by atoms with Crippen molar-refractivity contribution in [3.63, 3.8) is 0 Å². The maximum atomic E-state index is 12.2. The molecule has 6 nitrogen and oxygen atoms in total. The van der Waals surface area contributed by atoms with Crippen LogP contribution in [0.25, 0.3) is 6.08 Å². The van der Waals surface area contributed by atoms with Crippen molar-refractivity contribution in [2.45, 2.75) is 26.2 Å². The van der Waals surface area contributed by atoms with Crippen molar-refractivity contribution in [1.29, 1.82) is 0 Å². The number of aromatic nitrogens is 1. The van der Waals surface area contributed by atoms with Crippen molar-refractivity contribution in [2.24, 2.45) is 0 Å². The van der Waals surface area contributed by atoms with Crippen molar-refractivity contribution in [2.75, 3.05) is 23.9 Å². The molecule has 0 saturated carbocycles. The highest BCUT2D eigenvalue weighted by Gasteiger charge is 2.23.